The highest BCUT2D eigenvalue weighted by Gasteiger charge is 2.28. The average Bonchev–Trinajstić information content (AvgIpc) is 2.43. The summed E-state index contributed by atoms with van der Waals surface area (Å²) in [6.07, 6.45) is 2.51. The van der Waals surface area contributed by atoms with E-state index in [2.05, 4.69) is 0 Å². The van der Waals surface area contributed by atoms with Gasteiger partial charge in [0.25, 0.3) is 0 Å². The number of unbranched alkanes of at least 4 members (excludes halogenated alkanes) is 1. The Morgan fingerprint density at radius 3 is 2.37 bits per heavy atom. The van der Waals surface area contributed by atoms with Crippen LogP contribution in [-0.2, 0) is 0 Å². The molecule has 19 heavy (non-hydrogen) atoms. The van der Waals surface area contributed by atoms with Crippen molar-refractivity contribution in [3.8, 4) is 0 Å². The number of hydroxylamine groups is 3. The van der Waals surface area contributed by atoms with E-state index in [1.54, 1.807) is 4.90 Å². The number of hydrogen-bond acceptors (Lipinski definition) is 2. The maximum Gasteiger partial charge on any atom is 0.423 e. The number of carbonyl (C=O) groups excluding carboxylic acids is 1. The highest BCUT2D eigenvalue weighted by molar-refractivity contribution is 5.87. The lowest BCUT2D eigenvalue weighted by molar-refractivity contribution is -0.776. The van der Waals surface area contributed by atoms with Gasteiger partial charge in [-0.1, -0.05) is 38.5 Å². The highest BCUT2D eigenvalue weighted by atomic mass is 16.6. The van der Waals surface area contributed by atoms with Gasteiger partial charge in [0, 0.05) is 12.2 Å². The summed E-state index contributed by atoms with van der Waals surface area (Å²) >= 11 is 0. The summed E-state index contributed by atoms with van der Waals surface area (Å²) in [5.41, 5.74) is 0.797. The number of anilines is 1. The van der Waals surface area contributed by atoms with Crippen molar-refractivity contribution in [3.05, 3.63) is 35.5 Å². The van der Waals surface area contributed by atoms with E-state index in [0.717, 1.165) is 24.9 Å². The summed E-state index contributed by atoms with van der Waals surface area (Å²) in [6.45, 7) is 4.93. The van der Waals surface area contributed by atoms with Crippen molar-refractivity contribution in [1.29, 1.82) is 0 Å². The van der Waals surface area contributed by atoms with Crippen LogP contribution < -0.4 is 4.90 Å². The van der Waals surface area contributed by atoms with Crippen molar-refractivity contribution in [2.75, 3.05) is 25.0 Å². The molecule has 1 unspecified atom stereocenters. The number of rotatable bonds is 6. The van der Waals surface area contributed by atoms with Crippen LogP contribution >= 0.6 is 0 Å². The van der Waals surface area contributed by atoms with Crippen molar-refractivity contribution in [2.24, 2.45) is 0 Å². The fourth-order valence-corrected chi connectivity index (χ4v) is 1.98. The Bertz CT molecular complexity index is 390. The predicted molar refractivity (Wildman–Crippen MR) is 78.8 cm³/mol. The molecule has 0 bridgehead atoms. The van der Waals surface area contributed by atoms with Crippen LogP contribution in [0.15, 0.2) is 30.3 Å². The van der Waals surface area contributed by atoms with E-state index in [4.69, 9.17) is 0 Å². The molecule has 1 rings (SSSR count). The van der Waals surface area contributed by atoms with Crippen LogP contribution in [0.2, 0.25) is 0 Å². The summed E-state index contributed by atoms with van der Waals surface area (Å²) < 4.78 is -0.831. The van der Waals surface area contributed by atoms with Crippen molar-refractivity contribution >= 4 is 11.7 Å². The summed E-state index contributed by atoms with van der Waals surface area (Å²) in [6, 6.07) is 9.03. The molecule has 4 nitrogen and oxygen atoms in total. The first-order chi connectivity index (χ1) is 9.03. The molecule has 1 atom stereocenters. The van der Waals surface area contributed by atoms with Crippen LogP contribution in [0.3, 0.4) is 0 Å². The molecule has 4 heteroatoms. The lowest BCUT2D eigenvalue weighted by atomic mass is 10.2. The normalized spacial score (nSPS) is 13.9. The van der Waals surface area contributed by atoms with Gasteiger partial charge in [-0.3, -0.25) is 9.55 Å². The van der Waals surface area contributed by atoms with Gasteiger partial charge in [-0.15, -0.1) is 0 Å². The van der Waals surface area contributed by atoms with Gasteiger partial charge in [0.05, 0.1) is 13.6 Å². The van der Waals surface area contributed by atoms with Crippen molar-refractivity contribution in [1.82, 2.24) is 0 Å². The van der Waals surface area contributed by atoms with Crippen LogP contribution in [0.1, 0.15) is 33.1 Å². The number of nitrogens with zero attached hydrogens (tertiary/aromatic N) is 2. The summed E-state index contributed by atoms with van der Waals surface area (Å²) in [5.74, 6) is 0. The smallest absolute Gasteiger partial charge is 0.423 e. The molecule has 0 fully saturated rings. The van der Waals surface area contributed by atoms with E-state index >= 15 is 0 Å². The second-order valence-electron chi connectivity index (χ2n) is 4.95. The Balaban J connectivity index is 2.90. The van der Waals surface area contributed by atoms with Crippen molar-refractivity contribution < 1.29 is 9.44 Å². The molecule has 106 valence electrons. The maximum atomic E-state index is 12.4. The van der Waals surface area contributed by atoms with Gasteiger partial charge in [0.2, 0.25) is 0 Å². The van der Waals surface area contributed by atoms with E-state index in [1.165, 1.54) is 7.05 Å². The fourth-order valence-electron chi connectivity index (χ4n) is 1.98. The highest BCUT2D eigenvalue weighted by Crippen LogP contribution is 2.19. The molecule has 0 saturated heterocycles. The zero-order chi connectivity index (χ0) is 14.3. The van der Waals surface area contributed by atoms with Gasteiger partial charge in [-0.05, 0) is 25.0 Å². The third kappa shape index (κ3) is 4.33. The largest absolute Gasteiger partial charge is 0.624 e. The third-order valence-electron chi connectivity index (χ3n) is 3.09. The van der Waals surface area contributed by atoms with Gasteiger partial charge in [0.15, 0.2) is 0 Å². The van der Waals surface area contributed by atoms with Gasteiger partial charge >= 0.3 is 6.03 Å². The van der Waals surface area contributed by atoms with E-state index in [0.29, 0.717) is 13.1 Å². The number of benzene rings is 1. The van der Waals surface area contributed by atoms with Crippen LogP contribution in [0, 0.1) is 5.21 Å². The first kappa shape index (κ1) is 15.7. The minimum absolute atomic E-state index is 0.336. The molecule has 0 N–H and O–H groups in total. The lowest BCUT2D eigenvalue weighted by Crippen LogP contribution is -2.52. The molecule has 1 aromatic carbocycles. The maximum absolute atomic E-state index is 12.4. The molecule has 0 saturated carbocycles. The van der Waals surface area contributed by atoms with Crippen LogP contribution in [0.4, 0.5) is 10.5 Å². The van der Waals surface area contributed by atoms with Crippen LogP contribution in [0.5, 0.6) is 0 Å². The SMILES string of the molecule is CCCC[N+](C)([O-])C(=O)N(CCC)c1ccccc1. The Morgan fingerprint density at radius 1 is 1.21 bits per heavy atom. The Labute approximate surface area is 115 Å². The monoisotopic (exact) mass is 264 g/mol. The van der Waals surface area contributed by atoms with E-state index in [-0.39, 0.29) is 6.03 Å². The topological polar surface area (TPSA) is 43.4 Å². The molecular formula is C15H24N2O2. The standard InChI is InChI=1S/C15H24N2O2/c1-4-6-13-17(3,19)15(18)16(12-5-2)14-10-8-7-9-11-14/h7-11H,4-6,12-13H2,1-3H3. The van der Waals surface area contributed by atoms with Gasteiger partial charge in [0.1, 0.15) is 0 Å². The molecule has 0 aliphatic heterocycles. The number of amides is 2. The van der Waals surface area contributed by atoms with Crippen molar-refractivity contribution in [3.63, 3.8) is 0 Å². The van der Waals surface area contributed by atoms with Gasteiger partial charge in [-0.25, -0.2) is 4.79 Å². The molecule has 0 aliphatic carbocycles. The number of urea groups is 1. The van der Waals surface area contributed by atoms with Gasteiger partial charge < -0.3 is 5.21 Å². The number of quaternary nitrogens is 1. The average molecular weight is 264 g/mol. The Morgan fingerprint density at radius 2 is 1.84 bits per heavy atom. The first-order valence-electron chi connectivity index (χ1n) is 6.96. The molecule has 2 amide bonds. The second kappa shape index (κ2) is 7.26. The molecule has 0 aliphatic rings. The third-order valence-corrected chi connectivity index (χ3v) is 3.09. The molecule has 1 aromatic rings. The lowest BCUT2D eigenvalue weighted by Gasteiger charge is -2.39. The molecule has 0 heterocycles. The fraction of sp³-hybridized carbons (Fsp3) is 0.533. The summed E-state index contributed by atoms with van der Waals surface area (Å²) in [4.78, 5) is 14.0. The van der Waals surface area contributed by atoms with E-state index < -0.39 is 4.65 Å². The van der Waals surface area contributed by atoms with E-state index in [9.17, 15) is 10.0 Å². The summed E-state index contributed by atoms with van der Waals surface area (Å²) in [5, 5.41) is 12.4. The second-order valence-corrected chi connectivity index (χ2v) is 4.95. The number of hydrogen-bond donors (Lipinski definition) is 0. The van der Waals surface area contributed by atoms with E-state index in [1.807, 2.05) is 44.2 Å². The number of para-hydroxylation sites is 1. The zero-order valence-corrected chi connectivity index (χ0v) is 12.1. The molecule has 0 aromatic heterocycles. The molecular weight excluding hydrogens is 240 g/mol. The van der Waals surface area contributed by atoms with Gasteiger partial charge in [-0.2, -0.15) is 0 Å². The Hall–Kier alpha value is -1.39. The Kier molecular flexibility index (Phi) is 5.99. The zero-order valence-electron chi connectivity index (χ0n) is 12.1. The minimum Gasteiger partial charge on any atom is -0.624 e. The number of carbonyl (C=O) groups is 1. The first-order valence-corrected chi connectivity index (χ1v) is 6.96. The molecule has 0 radical (unpaired) electrons. The quantitative estimate of drug-likeness (QED) is 0.580. The minimum atomic E-state index is -0.831. The van der Waals surface area contributed by atoms with Crippen molar-refractivity contribution in [2.45, 2.75) is 33.1 Å². The summed E-state index contributed by atoms with van der Waals surface area (Å²) in [7, 11) is 1.45. The van der Waals surface area contributed by atoms with Crippen LogP contribution in [-0.4, -0.2) is 30.8 Å². The molecule has 0 spiro atoms. The predicted octanol–water partition coefficient (Wildman–Crippen LogP) is 3.77. The van der Waals surface area contributed by atoms with Crippen LogP contribution in [0.25, 0.3) is 0 Å².